The van der Waals surface area contributed by atoms with Crippen molar-refractivity contribution in [1.82, 2.24) is 10.2 Å². The van der Waals surface area contributed by atoms with Gasteiger partial charge in [-0.3, -0.25) is 14.4 Å². The highest BCUT2D eigenvalue weighted by Crippen LogP contribution is 2.33. The minimum atomic E-state index is -1.34. The van der Waals surface area contributed by atoms with E-state index in [0.29, 0.717) is 19.4 Å². The lowest BCUT2D eigenvalue weighted by molar-refractivity contribution is -0.148. The summed E-state index contributed by atoms with van der Waals surface area (Å²) in [5.41, 5.74) is 4.16. The zero-order valence-electron chi connectivity index (χ0n) is 13.4. The number of hydrogen-bond acceptors (Lipinski definition) is 5. The normalized spacial score (nSPS) is 21.1. The summed E-state index contributed by atoms with van der Waals surface area (Å²) in [6.45, 7) is 3.70. The number of likely N-dealkylation sites (tertiary alicyclic amines) is 1. The molecule has 9 heteroatoms. The summed E-state index contributed by atoms with van der Waals surface area (Å²) in [6.07, 6.45) is 1.97. The summed E-state index contributed by atoms with van der Waals surface area (Å²) < 4.78 is 0. The topological polar surface area (TPSA) is 150 Å². The highest BCUT2D eigenvalue weighted by molar-refractivity contribution is 5.95. The molecule has 2 unspecified atom stereocenters. The zero-order chi connectivity index (χ0) is 18.3. The highest BCUT2D eigenvalue weighted by atomic mass is 16.4. The first-order chi connectivity index (χ1) is 11.3. The highest BCUT2D eigenvalue weighted by Gasteiger charge is 2.49. The van der Waals surface area contributed by atoms with Crippen molar-refractivity contribution in [2.24, 2.45) is 5.73 Å². The minimum absolute atomic E-state index is 0.163. The molecule has 0 radical (unpaired) electrons. The third-order valence-corrected chi connectivity index (χ3v) is 4.12. The molecule has 2 atom stereocenters. The van der Waals surface area contributed by atoms with Gasteiger partial charge in [-0.2, -0.15) is 0 Å². The summed E-state index contributed by atoms with van der Waals surface area (Å²) in [4.78, 5) is 48.0. The van der Waals surface area contributed by atoms with Gasteiger partial charge >= 0.3 is 11.9 Å². The number of nitrogens with one attached hydrogen (secondary N) is 1. The van der Waals surface area contributed by atoms with Crippen LogP contribution < -0.4 is 11.1 Å². The van der Waals surface area contributed by atoms with Crippen LogP contribution in [0.5, 0.6) is 0 Å². The molecule has 0 aliphatic carbocycles. The molecule has 1 saturated heterocycles. The Morgan fingerprint density at radius 3 is 2.50 bits per heavy atom. The van der Waals surface area contributed by atoms with Gasteiger partial charge in [0.05, 0.1) is 6.54 Å². The van der Waals surface area contributed by atoms with Crippen LogP contribution in [0.1, 0.15) is 32.1 Å². The number of carbonyl (C=O) groups excluding carboxylic acids is 2. The largest absolute Gasteiger partial charge is 0.481 e. The van der Waals surface area contributed by atoms with E-state index < -0.39 is 41.8 Å². The quantitative estimate of drug-likeness (QED) is 0.406. The number of carbonyl (C=O) groups is 4. The minimum Gasteiger partial charge on any atom is -0.481 e. The van der Waals surface area contributed by atoms with Gasteiger partial charge in [-0.15, -0.1) is 6.58 Å². The first-order valence-electron chi connectivity index (χ1n) is 7.65. The SMILES string of the molecule is C=CCC1(C(=O)NC(CCC(=O)O)C(=O)O)CCCN1C(=O)CN. The molecule has 0 saturated carbocycles. The molecule has 1 aliphatic heterocycles. The van der Waals surface area contributed by atoms with Gasteiger partial charge in [0.15, 0.2) is 0 Å². The van der Waals surface area contributed by atoms with Gasteiger partial charge in [-0.25, -0.2) is 4.79 Å². The molecule has 24 heavy (non-hydrogen) atoms. The van der Waals surface area contributed by atoms with Gasteiger partial charge < -0.3 is 26.2 Å². The lowest BCUT2D eigenvalue weighted by atomic mass is 9.90. The maximum absolute atomic E-state index is 12.7. The Morgan fingerprint density at radius 1 is 1.33 bits per heavy atom. The van der Waals surface area contributed by atoms with Crippen molar-refractivity contribution in [2.75, 3.05) is 13.1 Å². The van der Waals surface area contributed by atoms with Gasteiger partial charge in [-0.1, -0.05) is 6.08 Å². The molecule has 0 aromatic carbocycles. The Balaban J connectivity index is 3.00. The van der Waals surface area contributed by atoms with Crippen LogP contribution >= 0.6 is 0 Å². The Kier molecular flexibility index (Phi) is 6.90. The Hall–Kier alpha value is -2.42. The summed E-state index contributed by atoms with van der Waals surface area (Å²) in [5.74, 6) is -3.51. The van der Waals surface area contributed by atoms with Crippen LogP contribution in [-0.4, -0.2) is 63.5 Å². The van der Waals surface area contributed by atoms with E-state index in [9.17, 15) is 24.3 Å². The van der Waals surface area contributed by atoms with E-state index in [-0.39, 0.29) is 19.4 Å². The van der Waals surface area contributed by atoms with E-state index in [4.69, 9.17) is 10.8 Å². The summed E-state index contributed by atoms with van der Waals surface area (Å²) in [7, 11) is 0. The van der Waals surface area contributed by atoms with E-state index in [1.165, 1.54) is 11.0 Å². The average Bonchev–Trinajstić information content (AvgIpc) is 2.95. The van der Waals surface area contributed by atoms with Crippen molar-refractivity contribution in [2.45, 2.75) is 43.7 Å². The predicted octanol–water partition coefficient (Wildman–Crippen LogP) is -0.683. The van der Waals surface area contributed by atoms with Gasteiger partial charge in [-0.05, 0) is 25.7 Å². The number of aliphatic carboxylic acids is 2. The van der Waals surface area contributed by atoms with Crippen LogP contribution in [0.2, 0.25) is 0 Å². The lowest BCUT2D eigenvalue weighted by Crippen LogP contribution is -2.60. The molecule has 2 amide bonds. The monoisotopic (exact) mass is 341 g/mol. The van der Waals surface area contributed by atoms with Gasteiger partial charge in [0.2, 0.25) is 11.8 Å². The molecular formula is C15H23N3O6. The number of nitrogens with zero attached hydrogens (tertiary/aromatic N) is 1. The van der Waals surface area contributed by atoms with Gasteiger partial charge in [0.25, 0.3) is 0 Å². The number of carboxylic acid groups (broad SMARTS) is 2. The third kappa shape index (κ3) is 4.31. The molecule has 0 bridgehead atoms. The second-order valence-corrected chi connectivity index (χ2v) is 5.67. The second-order valence-electron chi connectivity index (χ2n) is 5.67. The van der Waals surface area contributed by atoms with Crippen LogP contribution in [0.15, 0.2) is 12.7 Å². The molecule has 1 rings (SSSR count). The fourth-order valence-electron chi connectivity index (χ4n) is 2.95. The molecule has 0 spiro atoms. The standard InChI is InChI=1S/C15H23N3O6/c1-2-6-15(7-3-8-18(15)11(19)9-16)14(24)17-10(13(22)23)4-5-12(20)21/h2,10H,1,3-9,16H2,(H,17,24)(H,20,21)(H,22,23). The molecule has 1 fully saturated rings. The molecule has 134 valence electrons. The smallest absolute Gasteiger partial charge is 0.326 e. The number of amides is 2. The van der Waals surface area contributed by atoms with Gasteiger partial charge in [0, 0.05) is 13.0 Å². The molecule has 5 N–H and O–H groups in total. The number of carboxylic acids is 2. The van der Waals surface area contributed by atoms with Gasteiger partial charge in [0.1, 0.15) is 11.6 Å². The van der Waals surface area contributed by atoms with E-state index >= 15 is 0 Å². The molecular weight excluding hydrogens is 318 g/mol. The second kappa shape index (κ2) is 8.44. The first-order valence-corrected chi connectivity index (χ1v) is 7.65. The van der Waals surface area contributed by atoms with Crippen molar-refractivity contribution >= 4 is 23.8 Å². The summed E-state index contributed by atoms with van der Waals surface area (Å²) in [6, 6.07) is -1.34. The Bertz CT molecular complexity index is 535. The van der Waals surface area contributed by atoms with Crippen molar-refractivity contribution in [1.29, 1.82) is 0 Å². The van der Waals surface area contributed by atoms with E-state index in [2.05, 4.69) is 11.9 Å². The fourth-order valence-corrected chi connectivity index (χ4v) is 2.95. The van der Waals surface area contributed by atoms with Crippen molar-refractivity contribution in [3.8, 4) is 0 Å². The maximum atomic E-state index is 12.7. The number of rotatable bonds is 9. The zero-order valence-corrected chi connectivity index (χ0v) is 13.4. The van der Waals surface area contributed by atoms with Crippen LogP contribution in [0.25, 0.3) is 0 Å². The molecule has 1 aliphatic rings. The molecule has 0 aromatic heterocycles. The van der Waals surface area contributed by atoms with Crippen LogP contribution in [0, 0.1) is 0 Å². The van der Waals surface area contributed by atoms with Crippen molar-refractivity contribution in [3.05, 3.63) is 12.7 Å². The van der Waals surface area contributed by atoms with Crippen LogP contribution in [-0.2, 0) is 19.2 Å². The predicted molar refractivity (Wildman–Crippen MR) is 84.0 cm³/mol. The maximum Gasteiger partial charge on any atom is 0.326 e. The fraction of sp³-hybridized carbons (Fsp3) is 0.600. The van der Waals surface area contributed by atoms with Crippen molar-refractivity contribution < 1.29 is 29.4 Å². The first kappa shape index (κ1) is 19.6. The Labute approximate surface area is 139 Å². The summed E-state index contributed by atoms with van der Waals surface area (Å²) >= 11 is 0. The lowest BCUT2D eigenvalue weighted by Gasteiger charge is -2.37. The summed E-state index contributed by atoms with van der Waals surface area (Å²) in [5, 5.41) is 20.2. The molecule has 0 aromatic rings. The number of nitrogens with two attached hydrogens (primary N) is 1. The van der Waals surface area contributed by atoms with E-state index in [1.54, 1.807) is 0 Å². The third-order valence-electron chi connectivity index (χ3n) is 4.12. The molecule has 1 heterocycles. The number of hydrogen-bond donors (Lipinski definition) is 4. The Morgan fingerprint density at radius 2 is 2.00 bits per heavy atom. The van der Waals surface area contributed by atoms with Crippen molar-refractivity contribution in [3.63, 3.8) is 0 Å². The average molecular weight is 341 g/mol. The van der Waals surface area contributed by atoms with Crippen LogP contribution in [0.3, 0.4) is 0 Å². The molecule has 9 nitrogen and oxygen atoms in total. The van der Waals surface area contributed by atoms with Crippen LogP contribution in [0.4, 0.5) is 0 Å². The van der Waals surface area contributed by atoms with E-state index in [0.717, 1.165) is 0 Å². The van der Waals surface area contributed by atoms with E-state index in [1.807, 2.05) is 0 Å².